The fourth-order valence-electron chi connectivity index (χ4n) is 3.50. The summed E-state index contributed by atoms with van der Waals surface area (Å²) in [4.78, 5) is 23.7. The molecular weight excluding hydrogens is 508 g/mol. The van der Waals surface area contributed by atoms with Gasteiger partial charge in [-0.1, -0.05) is 71.8 Å². The van der Waals surface area contributed by atoms with E-state index in [0.717, 1.165) is 12.8 Å². The number of rotatable bonds is 2. The summed E-state index contributed by atoms with van der Waals surface area (Å²) in [6.45, 7) is 0. The largest absolute Gasteiger partial charge is 0.179 e. The van der Waals surface area contributed by atoms with E-state index in [-0.39, 0.29) is 0 Å². The summed E-state index contributed by atoms with van der Waals surface area (Å²) in [5, 5.41) is 16.8. The Labute approximate surface area is 235 Å². The van der Waals surface area contributed by atoms with Gasteiger partial charge >= 0.3 is 36.7 Å². The Balaban J connectivity index is 0.000000182. The molecule has 0 spiro atoms. The second-order valence-corrected chi connectivity index (χ2v) is 7.74. The van der Waals surface area contributed by atoms with Crippen LogP contribution in [0.2, 0.25) is 0 Å². The topological polar surface area (TPSA) is 74.6 Å². The van der Waals surface area contributed by atoms with Crippen molar-refractivity contribution >= 4 is 16.8 Å². The third-order valence-corrected chi connectivity index (χ3v) is 5.24. The van der Waals surface area contributed by atoms with Crippen LogP contribution in [0.1, 0.15) is 38.3 Å². The molecule has 0 aliphatic heterocycles. The van der Waals surface area contributed by atoms with Crippen molar-refractivity contribution in [3.05, 3.63) is 156 Å². The molecule has 5 heteroatoms. The molecule has 0 aromatic heterocycles. The third-order valence-electron chi connectivity index (χ3n) is 5.24. The van der Waals surface area contributed by atoms with Gasteiger partial charge in [0.15, 0.2) is 0 Å². The standard InChI is InChI=1S/C13H9.2C7H6O2.C5H5.CH2.Ti/c1-3-7-12-10(5-1)9-11-6-2-4-8-13(11)12;2*8-7(9)6-4-2-1-3-5-6;1-2-4-5-3-1;;/h1-5,7-8H,9H2;2*1-5H,(H,8,9);1-3H,4H2;1H2;/q-1;;;-1;;+2. The van der Waals surface area contributed by atoms with Crippen LogP contribution in [-0.2, 0) is 26.4 Å². The first-order valence-electron chi connectivity index (χ1n) is 11.8. The molecule has 0 amide bonds. The summed E-state index contributed by atoms with van der Waals surface area (Å²) in [6, 6.07) is 34.7. The molecule has 38 heavy (non-hydrogen) atoms. The van der Waals surface area contributed by atoms with E-state index in [1.165, 1.54) is 22.3 Å². The first kappa shape index (κ1) is 30.1. The zero-order valence-electron chi connectivity index (χ0n) is 20.9. The summed E-state index contributed by atoms with van der Waals surface area (Å²) in [5.74, 6) is -1.76. The molecule has 0 saturated carbocycles. The van der Waals surface area contributed by atoms with Crippen molar-refractivity contribution in [2.45, 2.75) is 12.8 Å². The smallest absolute Gasteiger partial charge is 0.0253 e. The number of aromatic carboxylic acids is 2. The Morgan fingerprint density at radius 2 is 1.24 bits per heavy atom. The minimum atomic E-state index is -0.879. The molecule has 4 aromatic carbocycles. The molecule has 0 fully saturated rings. The van der Waals surface area contributed by atoms with Crippen molar-refractivity contribution < 1.29 is 39.8 Å². The Kier molecular flexibility index (Phi) is 13.8. The summed E-state index contributed by atoms with van der Waals surface area (Å²) in [7, 11) is 0. The number of allylic oxidation sites excluding steroid dienone is 4. The van der Waals surface area contributed by atoms with E-state index in [1.807, 2.05) is 18.2 Å². The predicted molar refractivity (Wildman–Crippen MR) is 149 cm³/mol. The van der Waals surface area contributed by atoms with Gasteiger partial charge < -0.3 is 10.2 Å². The maximum absolute atomic E-state index is 10.2. The van der Waals surface area contributed by atoms with Gasteiger partial charge in [0.2, 0.25) is 0 Å². The van der Waals surface area contributed by atoms with Gasteiger partial charge in [-0.15, -0.1) is 12.0 Å². The van der Waals surface area contributed by atoms with E-state index < -0.39 is 11.9 Å². The van der Waals surface area contributed by atoms with E-state index in [1.54, 1.807) is 80.6 Å². The first-order valence-corrected chi connectivity index (χ1v) is 12.9. The second kappa shape index (κ2) is 17.4. The molecule has 0 radical (unpaired) electrons. The van der Waals surface area contributed by atoms with Crippen LogP contribution in [0, 0.1) is 12.1 Å². The first-order chi connectivity index (χ1) is 18.6. The molecule has 0 atom stereocenters. The summed E-state index contributed by atoms with van der Waals surface area (Å²) in [5.41, 5.74) is 6.17. The fraction of sp³-hybridized carbons (Fsp3) is 0.0606. The van der Waals surface area contributed by atoms with Crippen LogP contribution in [-0.4, -0.2) is 27.0 Å². The van der Waals surface area contributed by atoms with Crippen LogP contribution in [0.5, 0.6) is 0 Å². The number of benzene rings is 4. The predicted octanol–water partition coefficient (Wildman–Crippen LogP) is 7.10. The second-order valence-electron chi connectivity index (χ2n) is 7.74. The third kappa shape index (κ3) is 10.1. The molecule has 2 aliphatic rings. The molecule has 0 heterocycles. The van der Waals surface area contributed by atoms with Crippen LogP contribution in [0.25, 0.3) is 11.1 Å². The summed E-state index contributed by atoms with van der Waals surface area (Å²) >= 11 is 1.75. The van der Waals surface area contributed by atoms with Gasteiger partial charge in [-0.25, -0.2) is 21.7 Å². The average Bonchev–Trinajstić information content (AvgIpc) is 3.68. The maximum Gasteiger partial charge on any atom is -0.0253 e. The van der Waals surface area contributed by atoms with Gasteiger partial charge in [-0.05, 0) is 30.7 Å². The molecule has 4 nitrogen and oxygen atoms in total. The zero-order chi connectivity index (χ0) is 27.6. The quantitative estimate of drug-likeness (QED) is 0.187. The Hall–Kier alpha value is -4.12. The minimum absolute atomic E-state index is 0.331. The van der Waals surface area contributed by atoms with E-state index in [9.17, 15) is 9.59 Å². The fourth-order valence-corrected chi connectivity index (χ4v) is 3.50. The van der Waals surface area contributed by atoms with Crippen LogP contribution in [0.3, 0.4) is 0 Å². The molecular formula is C33H28O4Ti. The van der Waals surface area contributed by atoms with Crippen molar-refractivity contribution in [3.8, 4) is 11.1 Å². The van der Waals surface area contributed by atoms with Gasteiger partial charge in [0.25, 0.3) is 0 Å². The molecule has 0 unspecified atom stereocenters. The van der Waals surface area contributed by atoms with Crippen LogP contribution in [0.4, 0.5) is 0 Å². The Morgan fingerprint density at radius 1 is 0.711 bits per heavy atom. The van der Waals surface area contributed by atoms with Gasteiger partial charge in [-0.2, -0.15) is 35.9 Å². The van der Waals surface area contributed by atoms with E-state index in [2.05, 4.69) is 59.4 Å². The summed E-state index contributed by atoms with van der Waals surface area (Å²) < 4.78 is 0. The van der Waals surface area contributed by atoms with E-state index >= 15 is 0 Å². The average molecular weight is 536 g/mol. The van der Waals surface area contributed by atoms with E-state index in [4.69, 9.17) is 10.2 Å². The molecule has 188 valence electrons. The maximum atomic E-state index is 10.2. The number of hydrogen-bond donors (Lipinski definition) is 2. The molecule has 0 saturated heterocycles. The van der Waals surface area contributed by atoms with Crippen molar-refractivity contribution in [2.75, 3.05) is 0 Å². The van der Waals surface area contributed by atoms with Gasteiger partial charge in [-0.3, -0.25) is 6.08 Å². The number of carboxylic acid groups (broad SMARTS) is 2. The SMILES string of the molecule is O=C(O)c1ccccc1.O=C(O)c1ccccc1.[C-]1=CC=CC1.[CH2]=[Ti+2].[c-]1cccc2c1Cc1ccccc1-2. The van der Waals surface area contributed by atoms with E-state index in [0.29, 0.717) is 11.1 Å². The molecule has 4 aromatic rings. The normalized spacial score (nSPS) is 10.9. The summed E-state index contributed by atoms with van der Waals surface area (Å²) in [6.07, 6.45) is 11.0. The minimum Gasteiger partial charge on any atom is -0.179 e. The number of fused-ring (bicyclic) bond motifs is 3. The number of hydrogen-bond acceptors (Lipinski definition) is 2. The van der Waals surface area contributed by atoms with Gasteiger partial charge in [0, 0.05) is 0 Å². The molecule has 6 rings (SSSR count). The van der Waals surface area contributed by atoms with Crippen molar-refractivity contribution in [1.82, 2.24) is 0 Å². The molecule has 0 bridgehead atoms. The molecule has 2 N–H and O–H groups in total. The Morgan fingerprint density at radius 3 is 1.68 bits per heavy atom. The van der Waals surface area contributed by atoms with Crippen LogP contribution >= 0.6 is 0 Å². The number of carboxylic acids is 2. The number of carbonyl (C=O) groups is 2. The monoisotopic (exact) mass is 536 g/mol. The Bertz CT molecular complexity index is 1240. The van der Waals surface area contributed by atoms with Gasteiger partial charge in [0.1, 0.15) is 0 Å². The van der Waals surface area contributed by atoms with Crippen molar-refractivity contribution in [3.63, 3.8) is 0 Å². The molecule has 2 aliphatic carbocycles. The van der Waals surface area contributed by atoms with Crippen molar-refractivity contribution in [2.24, 2.45) is 0 Å². The van der Waals surface area contributed by atoms with Crippen molar-refractivity contribution in [1.29, 1.82) is 0 Å². The van der Waals surface area contributed by atoms with Crippen LogP contribution in [0.15, 0.2) is 121 Å². The zero-order valence-corrected chi connectivity index (χ0v) is 22.4. The van der Waals surface area contributed by atoms with Crippen LogP contribution < -0.4 is 0 Å². The van der Waals surface area contributed by atoms with Gasteiger partial charge in [0.05, 0.1) is 11.1 Å².